The van der Waals surface area contributed by atoms with E-state index >= 15 is 0 Å². The van der Waals surface area contributed by atoms with Gasteiger partial charge in [-0.05, 0) is 0 Å². The van der Waals surface area contributed by atoms with Crippen LogP contribution in [0, 0.1) is 0 Å². The third-order valence-corrected chi connectivity index (χ3v) is 3.86. The summed E-state index contributed by atoms with van der Waals surface area (Å²) < 4.78 is 27.9. The largest absolute Gasteiger partial charge is 0.459 e. The van der Waals surface area contributed by atoms with Gasteiger partial charge in [-0.1, -0.05) is 30.3 Å². The zero-order valence-corrected chi connectivity index (χ0v) is 13.5. The fraction of sp³-hybridized carbons (Fsp3) is 0.529. The van der Waals surface area contributed by atoms with Gasteiger partial charge in [-0.3, -0.25) is 9.59 Å². The minimum absolute atomic E-state index is 0.224. The van der Waals surface area contributed by atoms with Crippen molar-refractivity contribution in [3.8, 4) is 0 Å². The number of fused-ring (bicyclic) bond motifs is 1. The molecule has 130 valence electrons. The Morgan fingerprint density at radius 1 is 1.04 bits per heavy atom. The maximum absolute atomic E-state index is 11.4. The van der Waals surface area contributed by atoms with Gasteiger partial charge in [0.2, 0.25) is 6.29 Å². The lowest BCUT2D eigenvalue weighted by Gasteiger charge is -2.44. The van der Waals surface area contributed by atoms with Crippen LogP contribution in [0.5, 0.6) is 0 Å². The number of rotatable bonds is 3. The minimum atomic E-state index is -0.784. The fourth-order valence-corrected chi connectivity index (χ4v) is 2.94. The second-order valence-electron chi connectivity index (χ2n) is 5.77. The molecule has 7 heteroatoms. The number of carbonyl (C=O) groups excluding carboxylic acids is 2. The summed E-state index contributed by atoms with van der Waals surface area (Å²) in [6.07, 6.45) is -2.65. The van der Waals surface area contributed by atoms with Crippen LogP contribution in [-0.4, -0.2) is 43.1 Å². The fourth-order valence-electron chi connectivity index (χ4n) is 2.94. The molecule has 24 heavy (non-hydrogen) atoms. The van der Waals surface area contributed by atoms with E-state index in [-0.39, 0.29) is 13.0 Å². The lowest BCUT2D eigenvalue weighted by Crippen LogP contribution is -2.56. The minimum Gasteiger partial charge on any atom is -0.459 e. The van der Waals surface area contributed by atoms with Crippen molar-refractivity contribution >= 4 is 11.9 Å². The normalized spacial score (nSPS) is 32.5. The second-order valence-corrected chi connectivity index (χ2v) is 5.77. The Labute approximate surface area is 139 Å². The predicted molar refractivity (Wildman–Crippen MR) is 80.6 cm³/mol. The lowest BCUT2D eigenvalue weighted by atomic mass is 10.00. The SMILES string of the molecule is CC(=O)OC1CC(OC(C)=O)C2OC(c3ccccc3)OCC2O1. The highest BCUT2D eigenvalue weighted by Crippen LogP contribution is 2.35. The van der Waals surface area contributed by atoms with Crippen molar-refractivity contribution in [3.63, 3.8) is 0 Å². The van der Waals surface area contributed by atoms with Crippen LogP contribution in [0.25, 0.3) is 0 Å². The summed E-state index contributed by atoms with van der Waals surface area (Å²) in [7, 11) is 0. The number of esters is 2. The predicted octanol–water partition coefficient (Wildman–Crippen LogP) is 1.71. The highest BCUT2D eigenvalue weighted by atomic mass is 16.8. The van der Waals surface area contributed by atoms with E-state index in [1.165, 1.54) is 13.8 Å². The van der Waals surface area contributed by atoms with Gasteiger partial charge in [0, 0.05) is 19.4 Å². The van der Waals surface area contributed by atoms with Gasteiger partial charge in [0.25, 0.3) is 0 Å². The Balaban J connectivity index is 1.74. The maximum atomic E-state index is 11.4. The molecule has 3 rings (SSSR count). The highest BCUT2D eigenvalue weighted by Gasteiger charge is 2.47. The number of benzene rings is 1. The monoisotopic (exact) mass is 336 g/mol. The van der Waals surface area contributed by atoms with Gasteiger partial charge in [-0.2, -0.15) is 0 Å². The van der Waals surface area contributed by atoms with E-state index in [0.29, 0.717) is 0 Å². The first kappa shape index (κ1) is 16.9. The highest BCUT2D eigenvalue weighted by molar-refractivity contribution is 5.66. The van der Waals surface area contributed by atoms with Gasteiger partial charge in [0.1, 0.15) is 18.3 Å². The van der Waals surface area contributed by atoms with E-state index in [4.69, 9.17) is 23.7 Å². The molecule has 7 nitrogen and oxygen atoms in total. The lowest BCUT2D eigenvalue weighted by molar-refractivity contribution is -0.333. The van der Waals surface area contributed by atoms with Crippen molar-refractivity contribution in [3.05, 3.63) is 35.9 Å². The molecule has 2 fully saturated rings. The van der Waals surface area contributed by atoms with Crippen LogP contribution >= 0.6 is 0 Å². The quantitative estimate of drug-likeness (QED) is 0.777. The summed E-state index contributed by atoms with van der Waals surface area (Å²) in [6.45, 7) is 2.88. The van der Waals surface area contributed by atoms with Crippen molar-refractivity contribution < 1.29 is 33.3 Å². The Morgan fingerprint density at radius 2 is 1.75 bits per heavy atom. The van der Waals surface area contributed by atoms with Crippen molar-refractivity contribution in [2.24, 2.45) is 0 Å². The smallest absolute Gasteiger partial charge is 0.304 e. The van der Waals surface area contributed by atoms with Crippen LogP contribution in [0.2, 0.25) is 0 Å². The third-order valence-electron chi connectivity index (χ3n) is 3.86. The van der Waals surface area contributed by atoms with E-state index in [9.17, 15) is 9.59 Å². The van der Waals surface area contributed by atoms with Gasteiger partial charge in [0.05, 0.1) is 13.0 Å². The number of ether oxygens (including phenoxy) is 5. The maximum Gasteiger partial charge on any atom is 0.304 e. The van der Waals surface area contributed by atoms with Crippen LogP contribution in [0.15, 0.2) is 30.3 Å². The molecule has 5 unspecified atom stereocenters. The average molecular weight is 336 g/mol. The molecule has 0 amide bonds. The molecule has 5 atom stereocenters. The molecule has 1 aromatic carbocycles. The van der Waals surface area contributed by atoms with Gasteiger partial charge < -0.3 is 23.7 Å². The molecule has 0 N–H and O–H groups in total. The molecular weight excluding hydrogens is 316 g/mol. The molecule has 0 aliphatic carbocycles. The Kier molecular flexibility index (Phi) is 5.13. The molecule has 0 spiro atoms. The second kappa shape index (κ2) is 7.29. The van der Waals surface area contributed by atoms with Crippen LogP contribution < -0.4 is 0 Å². The van der Waals surface area contributed by atoms with E-state index < -0.39 is 42.8 Å². The number of hydrogen-bond donors (Lipinski definition) is 0. The summed E-state index contributed by atoms with van der Waals surface area (Å²) in [5.41, 5.74) is 0.875. The third kappa shape index (κ3) is 3.92. The Morgan fingerprint density at radius 3 is 2.42 bits per heavy atom. The first-order valence-corrected chi connectivity index (χ1v) is 7.85. The summed E-state index contributed by atoms with van der Waals surface area (Å²) in [5.74, 6) is -0.881. The molecule has 0 saturated carbocycles. The van der Waals surface area contributed by atoms with E-state index in [2.05, 4.69) is 0 Å². The molecule has 0 bridgehead atoms. The van der Waals surface area contributed by atoms with Gasteiger partial charge in [0.15, 0.2) is 6.29 Å². The van der Waals surface area contributed by atoms with Gasteiger partial charge in [-0.15, -0.1) is 0 Å². The van der Waals surface area contributed by atoms with Crippen LogP contribution in [0.1, 0.15) is 32.1 Å². The number of carbonyl (C=O) groups is 2. The summed E-state index contributed by atoms with van der Waals surface area (Å²) >= 11 is 0. The van der Waals surface area contributed by atoms with Crippen LogP contribution in [0.3, 0.4) is 0 Å². The molecule has 2 heterocycles. The zero-order valence-electron chi connectivity index (χ0n) is 13.5. The van der Waals surface area contributed by atoms with Crippen molar-refractivity contribution in [2.75, 3.05) is 6.61 Å². The first-order chi connectivity index (χ1) is 11.5. The van der Waals surface area contributed by atoms with E-state index in [1.807, 2.05) is 30.3 Å². The average Bonchev–Trinajstić information content (AvgIpc) is 2.54. The van der Waals surface area contributed by atoms with Crippen molar-refractivity contribution in [1.29, 1.82) is 0 Å². The molecule has 2 aliphatic rings. The molecule has 0 radical (unpaired) electrons. The first-order valence-electron chi connectivity index (χ1n) is 7.85. The van der Waals surface area contributed by atoms with E-state index in [1.54, 1.807) is 0 Å². The van der Waals surface area contributed by atoms with Gasteiger partial charge >= 0.3 is 11.9 Å². The molecule has 2 saturated heterocycles. The van der Waals surface area contributed by atoms with Crippen LogP contribution in [-0.2, 0) is 33.3 Å². The van der Waals surface area contributed by atoms with Gasteiger partial charge in [-0.25, -0.2) is 0 Å². The molecule has 1 aromatic rings. The molecular formula is C17H20O7. The Hall–Kier alpha value is -1.96. The molecule has 0 aromatic heterocycles. The molecule has 2 aliphatic heterocycles. The van der Waals surface area contributed by atoms with Crippen molar-refractivity contribution in [1.82, 2.24) is 0 Å². The summed E-state index contributed by atoms with van der Waals surface area (Å²) in [4.78, 5) is 22.6. The van der Waals surface area contributed by atoms with Crippen LogP contribution in [0.4, 0.5) is 0 Å². The van der Waals surface area contributed by atoms with E-state index in [0.717, 1.165) is 5.56 Å². The van der Waals surface area contributed by atoms with Crippen molar-refractivity contribution in [2.45, 2.75) is 51.2 Å². The number of hydrogen-bond acceptors (Lipinski definition) is 7. The summed E-state index contributed by atoms with van der Waals surface area (Å²) in [5, 5.41) is 0. The standard InChI is InChI=1S/C17H20O7/c1-10(18)21-13-8-15(22-11(2)19)23-14-9-20-17(24-16(13)14)12-6-4-3-5-7-12/h3-7,13-17H,8-9H2,1-2H3. The zero-order chi connectivity index (χ0) is 17.1. The Bertz CT molecular complexity index is 588. The summed E-state index contributed by atoms with van der Waals surface area (Å²) in [6, 6.07) is 9.50. The topological polar surface area (TPSA) is 80.3 Å².